The van der Waals surface area contributed by atoms with E-state index in [0.717, 1.165) is 5.69 Å². The van der Waals surface area contributed by atoms with Gasteiger partial charge in [-0.05, 0) is 13.0 Å². The fourth-order valence-corrected chi connectivity index (χ4v) is 2.39. The highest BCUT2D eigenvalue weighted by atomic mass is 32.2. The summed E-state index contributed by atoms with van der Waals surface area (Å²) in [6, 6.07) is 7.98. The normalized spacial score (nSPS) is 10.4. The molecule has 0 bridgehead atoms. The lowest BCUT2D eigenvalue weighted by Gasteiger charge is -2.06. The van der Waals surface area contributed by atoms with Crippen LogP contribution in [0.25, 0.3) is 0 Å². The number of hydrogen-bond donors (Lipinski definition) is 2. The van der Waals surface area contributed by atoms with Crippen LogP contribution < -0.4 is 11.1 Å². The topological polar surface area (TPSA) is 80.9 Å². The van der Waals surface area contributed by atoms with Crippen LogP contribution in [-0.2, 0) is 11.3 Å². The standard InChI is InChI=1S/C14H15FN4OS/c1-9-6-12(16)19-14(18-9)21-8-13(20)17-7-10-4-2-3-5-11(10)15/h2-6H,7-8H2,1H3,(H,17,20)(H2,16,18,19). The molecule has 21 heavy (non-hydrogen) atoms. The maximum atomic E-state index is 13.4. The van der Waals surface area contributed by atoms with Crippen molar-refractivity contribution < 1.29 is 9.18 Å². The monoisotopic (exact) mass is 306 g/mol. The fourth-order valence-electron chi connectivity index (χ4n) is 1.65. The summed E-state index contributed by atoms with van der Waals surface area (Å²) in [5.74, 6) is -0.0268. The molecule has 1 amide bonds. The first-order valence-corrected chi connectivity index (χ1v) is 7.27. The molecule has 0 atom stereocenters. The number of amides is 1. The van der Waals surface area contributed by atoms with Crippen molar-refractivity contribution >= 4 is 23.5 Å². The van der Waals surface area contributed by atoms with Crippen molar-refractivity contribution in [2.45, 2.75) is 18.6 Å². The Kier molecular flexibility index (Phi) is 5.10. The number of aryl methyl sites for hydroxylation is 1. The highest BCUT2D eigenvalue weighted by Crippen LogP contribution is 2.14. The summed E-state index contributed by atoms with van der Waals surface area (Å²) >= 11 is 1.19. The third-order valence-corrected chi connectivity index (χ3v) is 3.47. The lowest BCUT2D eigenvalue weighted by atomic mass is 10.2. The van der Waals surface area contributed by atoms with Crippen LogP contribution >= 0.6 is 11.8 Å². The van der Waals surface area contributed by atoms with E-state index < -0.39 is 0 Å². The van der Waals surface area contributed by atoms with Crippen LogP contribution in [0.4, 0.5) is 10.2 Å². The molecule has 0 fully saturated rings. The van der Waals surface area contributed by atoms with Gasteiger partial charge in [-0.2, -0.15) is 0 Å². The Morgan fingerprint density at radius 3 is 2.86 bits per heavy atom. The molecule has 1 heterocycles. The fraction of sp³-hybridized carbons (Fsp3) is 0.214. The SMILES string of the molecule is Cc1cc(N)nc(SCC(=O)NCc2ccccc2F)n1. The first-order valence-electron chi connectivity index (χ1n) is 6.28. The van der Waals surface area contributed by atoms with Crippen molar-refractivity contribution in [3.63, 3.8) is 0 Å². The molecule has 0 saturated carbocycles. The van der Waals surface area contributed by atoms with Crippen molar-refractivity contribution in [1.82, 2.24) is 15.3 Å². The van der Waals surface area contributed by atoms with Crippen LogP contribution in [0.15, 0.2) is 35.5 Å². The van der Waals surface area contributed by atoms with Crippen molar-refractivity contribution in [2.75, 3.05) is 11.5 Å². The second kappa shape index (κ2) is 7.03. The number of anilines is 1. The van der Waals surface area contributed by atoms with Gasteiger partial charge in [0.25, 0.3) is 0 Å². The molecule has 1 aromatic heterocycles. The molecule has 1 aromatic carbocycles. The molecule has 2 rings (SSSR count). The Hall–Kier alpha value is -2.15. The predicted molar refractivity (Wildman–Crippen MR) is 80.2 cm³/mol. The number of aromatic nitrogens is 2. The van der Waals surface area contributed by atoms with Gasteiger partial charge in [0.15, 0.2) is 5.16 Å². The zero-order valence-corrected chi connectivity index (χ0v) is 12.3. The summed E-state index contributed by atoms with van der Waals surface area (Å²) in [4.78, 5) is 19.9. The van der Waals surface area contributed by atoms with Crippen LogP contribution in [0.1, 0.15) is 11.3 Å². The summed E-state index contributed by atoms with van der Waals surface area (Å²) in [6.07, 6.45) is 0. The molecule has 110 valence electrons. The number of carbonyl (C=O) groups excluding carboxylic acids is 1. The molecule has 0 aliphatic rings. The molecular weight excluding hydrogens is 291 g/mol. The number of halogens is 1. The predicted octanol–water partition coefficient (Wildman–Crippen LogP) is 1.91. The Morgan fingerprint density at radius 2 is 2.14 bits per heavy atom. The first kappa shape index (κ1) is 15.2. The number of nitrogens with one attached hydrogen (secondary N) is 1. The Labute approximate surface area is 126 Å². The summed E-state index contributed by atoms with van der Waals surface area (Å²) in [5, 5.41) is 3.11. The van der Waals surface area contributed by atoms with E-state index in [1.54, 1.807) is 31.2 Å². The Bertz CT molecular complexity index is 630. The van der Waals surface area contributed by atoms with E-state index in [1.807, 2.05) is 0 Å². The number of nitrogens with two attached hydrogens (primary N) is 1. The molecule has 2 aromatic rings. The van der Waals surface area contributed by atoms with Crippen LogP contribution in [0, 0.1) is 12.7 Å². The molecular formula is C14H15FN4OS. The van der Waals surface area contributed by atoms with Crippen LogP contribution in [0.5, 0.6) is 0 Å². The largest absolute Gasteiger partial charge is 0.384 e. The number of rotatable bonds is 5. The molecule has 0 spiro atoms. The van der Waals surface area contributed by atoms with Crippen LogP contribution in [0.2, 0.25) is 0 Å². The molecule has 0 aliphatic carbocycles. The minimum atomic E-state index is -0.333. The molecule has 0 saturated heterocycles. The lowest BCUT2D eigenvalue weighted by molar-refractivity contribution is -0.118. The van der Waals surface area contributed by atoms with Gasteiger partial charge in [-0.15, -0.1) is 0 Å². The minimum absolute atomic E-state index is 0.150. The van der Waals surface area contributed by atoms with Gasteiger partial charge in [0.2, 0.25) is 5.91 Å². The second-order valence-corrected chi connectivity index (χ2v) is 5.32. The highest BCUT2D eigenvalue weighted by Gasteiger charge is 2.07. The summed E-state index contributed by atoms with van der Waals surface area (Å²) in [7, 11) is 0. The van der Waals surface area contributed by atoms with E-state index in [2.05, 4.69) is 15.3 Å². The summed E-state index contributed by atoms with van der Waals surface area (Å²) in [5.41, 5.74) is 6.81. The number of thioether (sulfide) groups is 1. The molecule has 0 unspecified atom stereocenters. The van der Waals surface area contributed by atoms with Gasteiger partial charge in [-0.3, -0.25) is 4.79 Å². The van der Waals surface area contributed by atoms with E-state index in [0.29, 0.717) is 16.5 Å². The van der Waals surface area contributed by atoms with E-state index in [-0.39, 0.29) is 24.0 Å². The summed E-state index contributed by atoms with van der Waals surface area (Å²) in [6.45, 7) is 1.96. The maximum absolute atomic E-state index is 13.4. The molecule has 0 radical (unpaired) electrons. The Balaban J connectivity index is 1.84. The number of hydrogen-bond acceptors (Lipinski definition) is 5. The van der Waals surface area contributed by atoms with Crippen molar-refractivity contribution in [1.29, 1.82) is 0 Å². The third kappa shape index (κ3) is 4.71. The van der Waals surface area contributed by atoms with Gasteiger partial charge in [-0.1, -0.05) is 30.0 Å². The van der Waals surface area contributed by atoms with Crippen LogP contribution in [0.3, 0.4) is 0 Å². The van der Waals surface area contributed by atoms with Gasteiger partial charge in [0.05, 0.1) is 5.75 Å². The second-order valence-electron chi connectivity index (χ2n) is 4.37. The number of nitrogen functional groups attached to an aromatic ring is 1. The van der Waals surface area contributed by atoms with Gasteiger partial charge in [-0.25, -0.2) is 14.4 Å². The zero-order chi connectivity index (χ0) is 15.2. The molecule has 5 nitrogen and oxygen atoms in total. The van der Waals surface area contributed by atoms with Crippen molar-refractivity contribution in [3.8, 4) is 0 Å². The molecule has 0 aliphatic heterocycles. The van der Waals surface area contributed by atoms with Gasteiger partial charge in [0.1, 0.15) is 11.6 Å². The smallest absolute Gasteiger partial charge is 0.230 e. The van der Waals surface area contributed by atoms with E-state index in [9.17, 15) is 9.18 Å². The van der Waals surface area contributed by atoms with Gasteiger partial charge in [0, 0.05) is 23.9 Å². The van der Waals surface area contributed by atoms with E-state index >= 15 is 0 Å². The number of carbonyl (C=O) groups is 1. The van der Waals surface area contributed by atoms with Crippen LogP contribution in [-0.4, -0.2) is 21.6 Å². The Morgan fingerprint density at radius 1 is 1.38 bits per heavy atom. The number of nitrogens with zero attached hydrogens (tertiary/aromatic N) is 2. The first-order chi connectivity index (χ1) is 10.0. The average molecular weight is 306 g/mol. The highest BCUT2D eigenvalue weighted by molar-refractivity contribution is 7.99. The molecule has 3 N–H and O–H groups in total. The number of benzene rings is 1. The summed E-state index contributed by atoms with van der Waals surface area (Å²) < 4.78 is 13.4. The van der Waals surface area contributed by atoms with Gasteiger partial charge < -0.3 is 11.1 Å². The maximum Gasteiger partial charge on any atom is 0.230 e. The average Bonchev–Trinajstić information content (AvgIpc) is 2.43. The van der Waals surface area contributed by atoms with Gasteiger partial charge >= 0.3 is 0 Å². The van der Waals surface area contributed by atoms with Crippen molar-refractivity contribution in [3.05, 3.63) is 47.4 Å². The van der Waals surface area contributed by atoms with E-state index in [1.165, 1.54) is 17.8 Å². The van der Waals surface area contributed by atoms with Crippen molar-refractivity contribution in [2.24, 2.45) is 0 Å². The zero-order valence-electron chi connectivity index (χ0n) is 11.5. The lowest BCUT2D eigenvalue weighted by Crippen LogP contribution is -2.25. The third-order valence-electron chi connectivity index (χ3n) is 2.62. The quantitative estimate of drug-likeness (QED) is 0.651. The molecule has 7 heteroatoms. The minimum Gasteiger partial charge on any atom is -0.384 e. The van der Waals surface area contributed by atoms with E-state index in [4.69, 9.17) is 5.73 Å².